The van der Waals surface area contributed by atoms with Crippen LogP contribution < -0.4 is 5.32 Å². The van der Waals surface area contributed by atoms with E-state index in [-0.39, 0.29) is 6.04 Å². The number of likely N-dealkylation sites (tertiary alicyclic amines) is 1. The predicted octanol–water partition coefficient (Wildman–Crippen LogP) is 1.78. The van der Waals surface area contributed by atoms with Crippen molar-refractivity contribution in [1.29, 1.82) is 0 Å². The molecule has 1 aromatic rings. The van der Waals surface area contributed by atoms with E-state index in [9.17, 15) is 9.90 Å². The van der Waals surface area contributed by atoms with Crippen LogP contribution in [0.5, 0.6) is 0 Å². The van der Waals surface area contributed by atoms with Crippen molar-refractivity contribution in [1.82, 2.24) is 10.2 Å². The number of rotatable bonds is 3. The highest BCUT2D eigenvalue weighted by molar-refractivity contribution is 7.07. The first kappa shape index (κ1) is 13.1. The van der Waals surface area contributed by atoms with E-state index in [1.165, 1.54) is 5.56 Å². The maximum Gasteiger partial charge on any atom is 0.312 e. The summed E-state index contributed by atoms with van der Waals surface area (Å²) in [5.41, 5.74) is 0.722. The number of thiophene rings is 1. The second kappa shape index (κ2) is 5.23. The molecule has 2 N–H and O–H groups in total. The van der Waals surface area contributed by atoms with Gasteiger partial charge in [0.2, 0.25) is 0 Å². The lowest BCUT2D eigenvalue weighted by atomic mass is 9.70. The molecule has 2 aliphatic rings. The van der Waals surface area contributed by atoms with E-state index < -0.39 is 11.4 Å². The number of carbonyl (C=O) groups is 1. The second-order valence-electron chi connectivity index (χ2n) is 5.70. The third-order valence-electron chi connectivity index (χ3n) is 4.51. The van der Waals surface area contributed by atoms with Gasteiger partial charge in [0.05, 0.1) is 5.41 Å². The molecule has 5 heteroatoms. The molecule has 2 aliphatic heterocycles. The number of aliphatic carboxylic acids is 1. The lowest BCUT2D eigenvalue weighted by Crippen LogP contribution is -2.62. The summed E-state index contributed by atoms with van der Waals surface area (Å²) in [7, 11) is 0. The van der Waals surface area contributed by atoms with E-state index in [2.05, 4.69) is 27.0 Å². The standard InChI is InChI=1S/C14H20N2O2S/c17-13(18)14-4-1-5-15-12(14)2-6-16(10-14)8-11-3-7-19-9-11/h3,7,9,12,15H,1-2,4-6,8,10H2,(H,17,18)/t12-,14+/m1/s1. The summed E-state index contributed by atoms with van der Waals surface area (Å²) in [5.74, 6) is -0.625. The van der Waals surface area contributed by atoms with Crippen LogP contribution in [-0.2, 0) is 11.3 Å². The minimum absolute atomic E-state index is 0.150. The molecule has 0 aliphatic carbocycles. The van der Waals surface area contributed by atoms with E-state index in [1.54, 1.807) is 11.3 Å². The minimum atomic E-state index is -0.625. The summed E-state index contributed by atoms with van der Waals surface area (Å²) in [4.78, 5) is 14.1. The zero-order valence-corrected chi connectivity index (χ0v) is 11.8. The highest BCUT2D eigenvalue weighted by Gasteiger charge is 2.50. The number of hydrogen-bond acceptors (Lipinski definition) is 4. The summed E-state index contributed by atoms with van der Waals surface area (Å²) < 4.78 is 0. The highest BCUT2D eigenvalue weighted by Crippen LogP contribution is 2.38. The molecule has 0 amide bonds. The molecule has 0 aromatic carbocycles. The van der Waals surface area contributed by atoms with Gasteiger partial charge in [-0.3, -0.25) is 9.69 Å². The molecule has 2 atom stereocenters. The van der Waals surface area contributed by atoms with Crippen LogP contribution in [0.4, 0.5) is 0 Å². The number of fused-ring (bicyclic) bond motifs is 1. The van der Waals surface area contributed by atoms with Gasteiger partial charge in [0.15, 0.2) is 0 Å². The predicted molar refractivity (Wildman–Crippen MR) is 75.3 cm³/mol. The van der Waals surface area contributed by atoms with Crippen molar-refractivity contribution in [2.75, 3.05) is 19.6 Å². The fourth-order valence-corrected chi connectivity index (χ4v) is 4.17. The third kappa shape index (κ3) is 2.42. The Balaban J connectivity index is 1.75. The van der Waals surface area contributed by atoms with Crippen molar-refractivity contribution in [2.45, 2.75) is 31.8 Å². The molecule has 4 nitrogen and oxygen atoms in total. The van der Waals surface area contributed by atoms with Gasteiger partial charge in [0, 0.05) is 25.7 Å². The number of piperidine rings is 2. The summed E-state index contributed by atoms with van der Waals surface area (Å²) in [5, 5.41) is 17.4. The molecule has 0 spiro atoms. The fraction of sp³-hybridized carbons (Fsp3) is 0.643. The molecular formula is C14H20N2O2S. The maximum atomic E-state index is 11.8. The zero-order chi connectivity index (χ0) is 13.3. The lowest BCUT2D eigenvalue weighted by molar-refractivity contribution is -0.157. The maximum absolute atomic E-state index is 11.8. The Hall–Kier alpha value is -0.910. The van der Waals surface area contributed by atoms with Gasteiger partial charge < -0.3 is 10.4 Å². The van der Waals surface area contributed by atoms with Crippen molar-refractivity contribution in [3.05, 3.63) is 22.4 Å². The molecule has 2 fully saturated rings. The van der Waals surface area contributed by atoms with Gasteiger partial charge in [-0.15, -0.1) is 0 Å². The molecule has 0 saturated carbocycles. The Bertz CT molecular complexity index is 448. The first-order chi connectivity index (χ1) is 9.21. The molecule has 104 valence electrons. The van der Waals surface area contributed by atoms with Gasteiger partial charge in [-0.1, -0.05) is 0 Å². The average Bonchev–Trinajstić information content (AvgIpc) is 2.91. The minimum Gasteiger partial charge on any atom is -0.481 e. The van der Waals surface area contributed by atoms with Crippen LogP contribution in [0, 0.1) is 5.41 Å². The largest absolute Gasteiger partial charge is 0.481 e. The zero-order valence-electron chi connectivity index (χ0n) is 11.0. The molecule has 0 radical (unpaired) electrons. The van der Waals surface area contributed by atoms with Crippen LogP contribution in [0.25, 0.3) is 0 Å². The van der Waals surface area contributed by atoms with Crippen LogP contribution in [-0.4, -0.2) is 41.7 Å². The Morgan fingerprint density at radius 1 is 1.63 bits per heavy atom. The van der Waals surface area contributed by atoms with E-state index in [0.29, 0.717) is 6.54 Å². The lowest BCUT2D eigenvalue weighted by Gasteiger charge is -2.48. The van der Waals surface area contributed by atoms with E-state index >= 15 is 0 Å². The van der Waals surface area contributed by atoms with Crippen LogP contribution in [0.1, 0.15) is 24.8 Å². The monoisotopic (exact) mass is 280 g/mol. The van der Waals surface area contributed by atoms with Crippen LogP contribution in [0.2, 0.25) is 0 Å². The fourth-order valence-electron chi connectivity index (χ4n) is 3.51. The van der Waals surface area contributed by atoms with Crippen molar-refractivity contribution in [3.8, 4) is 0 Å². The van der Waals surface area contributed by atoms with E-state index in [0.717, 1.165) is 38.9 Å². The first-order valence-corrected chi connectivity index (χ1v) is 7.85. The molecule has 19 heavy (non-hydrogen) atoms. The van der Waals surface area contributed by atoms with Crippen LogP contribution in [0.15, 0.2) is 16.8 Å². The average molecular weight is 280 g/mol. The first-order valence-electron chi connectivity index (χ1n) is 6.91. The number of hydrogen-bond donors (Lipinski definition) is 2. The summed E-state index contributed by atoms with van der Waals surface area (Å²) in [6, 6.07) is 2.28. The number of nitrogens with zero attached hydrogens (tertiary/aromatic N) is 1. The Morgan fingerprint density at radius 3 is 3.26 bits per heavy atom. The second-order valence-corrected chi connectivity index (χ2v) is 6.48. The topological polar surface area (TPSA) is 52.6 Å². The number of nitrogens with one attached hydrogen (secondary N) is 1. The van der Waals surface area contributed by atoms with Crippen molar-refractivity contribution in [3.63, 3.8) is 0 Å². The molecule has 1 aromatic heterocycles. The van der Waals surface area contributed by atoms with Crippen LogP contribution >= 0.6 is 11.3 Å². The van der Waals surface area contributed by atoms with Gasteiger partial charge in [-0.2, -0.15) is 11.3 Å². The smallest absolute Gasteiger partial charge is 0.312 e. The molecule has 2 saturated heterocycles. The molecule has 3 rings (SSSR count). The summed E-state index contributed by atoms with van der Waals surface area (Å²) in [6.07, 6.45) is 2.71. The highest BCUT2D eigenvalue weighted by atomic mass is 32.1. The van der Waals surface area contributed by atoms with Gasteiger partial charge in [0.1, 0.15) is 0 Å². The van der Waals surface area contributed by atoms with Gasteiger partial charge in [-0.05, 0) is 48.2 Å². The Labute approximate surface area is 117 Å². The van der Waals surface area contributed by atoms with Gasteiger partial charge >= 0.3 is 5.97 Å². The van der Waals surface area contributed by atoms with Crippen molar-refractivity contribution < 1.29 is 9.90 Å². The van der Waals surface area contributed by atoms with Gasteiger partial charge in [-0.25, -0.2) is 0 Å². The summed E-state index contributed by atoms with van der Waals surface area (Å²) in [6.45, 7) is 3.51. The van der Waals surface area contributed by atoms with E-state index in [4.69, 9.17) is 0 Å². The molecular weight excluding hydrogens is 260 g/mol. The third-order valence-corrected chi connectivity index (χ3v) is 5.24. The Kier molecular flexibility index (Phi) is 3.60. The number of carboxylic acid groups (broad SMARTS) is 1. The Morgan fingerprint density at radius 2 is 2.53 bits per heavy atom. The van der Waals surface area contributed by atoms with Crippen molar-refractivity contribution >= 4 is 17.3 Å². The van der Waals surface area contributed by atoms with Crippen LogP contribution in [0.3, 0.4) is 0 Å². The molecule has 0 unspecified atom stereocenters. The van der Waals surface area contributed by atoms with E-state index in [1.807, 2.05) is 0 Å². The number of carboxylic acids is 1. The van der Waals surface area contributed by atoms with Gasteiger partial charge in [0.25, 0.3) is 0 Å². The summed E-state index contributed by atoms with van der Waals surface area (Å²) >= 11 is 1.70. The molecule has 3 heterocycles. The molecule has 0 bridgehead atoms. The normalized spacial score (nSPS) is 31.9. The quantitative estimate of drug-likeness (QED) is 0.886. The van der Waals surface area contributed by atoms with Crippen molar-refractivity contribution in [2.24, 2.45) is 5.41 Å². The SMILES string of the molecule is O=C(O)[C@]12CCCN[C@@H]1CCN(Cc1ccsc1)C2.